The minimum atomic E-state index is -1.05. The van der Waals surface area contributed by atoms with Crippen molar-refractivity contribution in [3.05, 3.63) is 17.0 Å². The number of amides is 1. The first kappa shape index (κ1) is 12.9. The summed E-state index contributed by atoms with van der Waals surface area (Å²) in [5.41, 5.74) is 0. The van der Waals surface area contributed by atoms with Gasteiger partial charge >= 0.3 is 5.97 Å². The van der Waals surface area contributed by atoms with Crippen LogP contribution in [0.3, 0.4) is 0 Å². The number of rotatable bonds is 3. The molecule has 1 aromatic rings. The standard InChI is InChI=1S/C10H10BrN3O4/c11-7-3-13-8(4-12-7)14-9(15)5-1-2-6(18-5)10(16)17/h3-6H,1-2H2,(H,16,17)(H,13,14,15). The Morgan fingerprint density at radius 1 is 1.33 bits per heavy atom. The van der Waals surface area contributed by atoms with Crippen molar-refractivity contribution in [2.45, 2.75) is 25.0 Å². The molecule has 1 saturated heterocycles. The molecule has 0 bridgehead atoms. The van der Waals surface area contributed by atoms with Crippen LogP contribution in [0.15, 0.2) is 17.0 Å². The van der Waals surface area contributed by atoms with E-state index in [4.69, 9.17) is 9.84 Å². The Labute approximate surface area is 111 Å². The summed E-state index contributed by atoms with van der Waals surface area (Å²) in [5, 5.41) is 11.3. The van der Waals surface area contributed by atoms with Gasteiger partial charge in [0.25, 0.3) is 5.91 Å². The third-order valence-electron chi connectivity index (χ3n) is 2.46. The molecule has 18 heavy (non-hydrogen) atoms. The van der Waals surface area contributed by atoms with Crippen molar-refractivity contribution < 1.29 is 19.4 Å². The van der Waals surface area contributed by atoms with Crippen LogP contribution in [0.5, 0.6) is 0 Å². The summed E-state index contributed by atoms with van der Waals surface area (Å²) in [6, 6.07) is 0. The molecule has 0 aromatic carbocycles. The van der Waals surface area contributed by atoms with Crippen LogP contribution in [0.2, 0.25) is 0 Å². The highest BCUT2D eigenvalue weighted by Gasteiger charge is 2.34. The van der Waals surface area contributed by atoms with Gasteiger partial charge in [0.15, 0.2) is 11.9 Å². The monoisotopic (exact) mass is 315 g/mol. The Bertz CT molecular complexity index is 465. The van der Waals surface area contributed by atoms with Gasteiger partial charge in [0.1, 0.15) is 10.7 Å². The summed E-state index contributed by atoms with van der Waals surface area (Å²) in [5.74, 6) is -1.16. The number of aliphatic carboxylic acids is 1. The number of hydrogen-bond acceptors (Lipinski definition) is 5. The molecule has 0 radical (unpaired) electrons. The average molecular weight is 316 g/mol. The van der Waals surface area contributed by atoms with Gasteiger partial charge in [-0.05, 0) is 28.8 Å². The highest BCUT2D eigenvalue weighted by Crippen LogP contribution is 2.21. The van der Waals surface area contributed by atoms with Crippen LogP contribution < -0.4 is 5.32 Å². The smallest absolute Gasteiger partial charge is 0.332 e. The maximum Gasteiger partial charge on any atom is 0.332 e. The van der Waals surface area contributed by atoms with Crippen LogP contribution in [-0.4, -0.2) is 39.2 Å². The van der Waals surface area contributed by atoms with Crippen molar-refractivity contribution >= 4 is 33.6 Å². The fraction of sp³-hybridized carbons (Fsp3) is 0.400. The van der Waals surface area contributed by atoms with Gasteiger partial charge in [0.2, 0.25) is 0 Å². The van der Waals surface area contributed by atoms with E-state index in [2.05, 4.69) is 31.2 Å². The zero-order valence-corrected chi connectivity index (χ0v) is 10.8. The van der Waals surface area contributed by atoms with Crippen LogP contribution in [0.1, 0.15) is 12.8 Å². The van der Waals surface area contributed by atoms with Crippen molar-refractivity contribution in [2.24, 2.45) is 0 Å². The van der Waals surface area contributed by atoms with E-state index in [1.165, 1.54) is 12.4 Å². The van der Waals surface area contributed by atoms with E-state index in [9.17, 15) is 9.59 Å². The summed E-state index contributed by atoms with van der Waals surface area (Å²) >= 11 is 3.13. The van der Waals surface area contributed by atoms with Crippen molar-refractivity contribution in [1.29, 1.82) is 0 Å². The number of halogens is 1. The van der Waals surface area contributed by atoms with E-state index in [1.807, 2.05) is 0 Å². The van der Waals surface area contributed by atoms with Gasteiger partial charge in [-0.25, -0.2) is 14.8 Å². The Morgan fingerprint density at radius 3 is 2.61 bits per heavy atom. The van der Waals surface area contributed by atoms with Crippen molar-refractivity contribution in [1.82, 2.24) is 9.97 Å². The van der Waals surface area contributed by atoms with Gasteiger partial charge in [0.05, 0.1) is 12.4 Å². The molecule has 0 spiro atoms. The molecule has 1 amide bonds. The van der Waals surface area contributed by atoms with Gasteiger partial charge < -0.3 is 15.2 Å². The Hall–Kier alpha value is -1.54. The number of ether oxygens (including phenoxy) is 1. The second kappa shape index (κ2) is 5.40. The van der Waals surface area contributed by atoms with E-state index in [1.54, 1.807) is 0 Å². The molecule has 0 aliphatic carbocycles. The summed E-state index contributed by atoms with van der Waals surface area (Å²) < 4.78 is 5.67. The molecule has 2 rings (SSSR count). The summed E-state index contributed by atoms with van der Waals surface area (Å²) in [6.07, 6.45) is 1.90. The van der Waals surface area contributed by atoms with Gasteiger partial charge in [-0.1, -0.05) is 0 Å². The molecular weight excluding hydrogens is 306 g/mol. The third kappa shape index (κ3) is 3.02. The maximum atomic E-state index is 11.8. The maximum absolute atomic E-state index is 11.8. The number of nitrogens with zero attached hydrogens (tertiary/aromatic N) is 2. The molecule has 1 aliphatic heterocycles. The zero-order chi connectivity index (χ0) is 13.1. The predicted octanol–water partition coefficient (Wildman–Crippen LogP) is 0.810. The molecule has 2 N–H and O–H groups in total. The molecule has 96 valence electrons. The van der Waals surface area contributed by atoms with Crippen LogP contribution in [0.4, 0.5) is 5.82 Å². The minimum Gasteiger partial charge on any atom is -0.479 e. The van der Waals surface area contributed by atoms with Crippen LogP contribution >= 0.6 is 15.9 Å². The fourth-order valence-electron chi connectivity index (χ4n) is 1.60. The molecule has 0 saturated carbocycles. The van der Waals surface area contributed by atoms with E-state index >= 15 is 0 Å². The third-order valence-corrected chi connectivity index (χ3v) is 2.87. The highest BCUT2D eigenvalue weighted by molar-refractivity contribution is 9.10. The van der Waals surface area contributed by atoms with Gasteiger partial charge in [-0.2, -0.15) is 0 Å². The largest absolute Gasteiger partial charge is 0.479 e. The first-order valence-electron chi connectivity index (χ1n) is 5.23. The van der Waals surface area contributed by atoms with Crippen LogP contribution in [0.25, 0.3) is 0 Å². The first-order chi connectivity index (χ1) is 8.56. The van der Waals surface area contributed by atoms with Crippen molar-refractivity contribution in [3.8, 4) is 0 Å². The van der Waals surface area contributed by atoms with E-state index in [0.29, 0.717) is 23.3 Å². The quantitative estimate of drug-likeness (QED) is 0.856. The van der Waals surface area contributed by atoms with E-state index in [0.717, 1.165) is 0 Å². The second-order valence-electron chi connectivity index (χ2n) is 3.74. The Balaban J connectivity index is 1.93. The SMILES string of the molecule is O=C(O)C1CCC(C(=O)Nc2cnc(Br)cn2)O1. The Kier molecular flexibility index (Phi) is 3.87. The average Bonchev–Trinajstić information content (AvgIpc) is 2.81. The summed E-state index contributed by atoms with van der Waals surface area (Å²) in [4.78, 5) is 30.3. The fourth-order valence-corrected chi connectivity index (χ4v) is 1.80. The number of carboxylic acids is 1. The zero-order valence-electron chi connectivity index (χ0n) is 9.17. The molecule has 1 fully saturated rings. The molecule has 2 atom stereocenters. The van der Waals surface area contributed by atoms with E-state index in [-0.39, 0.29) is 0 Å². The molecule has 2 unspecified atom stereocenters. The predicted molar refractivity (Wildman–Crippen MR) is 63.9 cm³/mol. The lowest BCUT2D eigenvalue weighted by Crippen LogP contribution is -2.30. The number of nitrogens with one attached hydrogen (secondary N) is 1. The first-order valence-corrected chi connectivity index (χ1v) is 6.02. The molecule has 8 heteroatoms. The van der Waals surface area contributed by atoms with Gasteiger partial charge in [0, 0.05) is 0 Å². The minimum absolute atomic E-state index is 0.297. The number of aromatic nitrogens is 2. The number of carbonyl (C=O) groups excluding carboxylic acids is 1. The molecule has 1 aliphatic rings. The van der Waals surface area contributed by atoms with Gasteiger partial charge in [-0.3, -0.25) is 4.79 Å². The lowest BCUT2D eigenvalue weighted by atomic mass is 10.2. The lowest BCUT2D eigenvalue weighted by molar-refractivity contribution is -0.150. The topological polar surface area (TPSA) is 101 Å². The Morgan fingerprint density at radius 2 is 2.06 bits per heavy atom. The van der Waals surface area contributed by atoms with Crippen molar-refractivity contribution in [2.75, 3.05) is 5.32 Å². The highest BCUT2D eigenvalue weighted by atomic mass is 79.9. The van der Waals surface area contributed by atoms with Crippen LogP contribution in [0, 0.1) is 0 Å². The number of anilines is 1. The second-order valence-corrected chi connectivity index (χ2v) is 4.56. The van der Waals surface area contributed by atoms with Gasteiger partial charge in [-0.15, -0.1) is 0 Å². The number of carboxylic acid groups (broad SMARTS) is 1. The summed E-state index contributed by atoms with van der Waals surface area (Å²) in [7, 11) is 0. The molecule has 7 nitrogen and oxygen atoms in total. The van der Waals surface area contributed by atoms with Crippen LogP contribution in [-0.2, 0) is 14.3 Å². The molecule has 2 heterocycles. The van der Waals surface area contributed by atoms with E-state index < -0.39 is 24.1 Å². The normalized spacial score (nSPS) is 22.7. The number of hydrogen-bond donors (Lipinski definition) is 2. The molecule has 1 aromatic heterocycles. The lowest BCUT2D eigenvalue weighted by Gasteiger charge is -2.10. The summed E-state index contributed by atoms with van der Waals surface area (Å²) in [6.45, 7) is 0. The molecular formula is C10H10BrN3O4. The number of carbonyl (C=O) groups is 2. The van der Waals surface area contributed by atoms with Crippen molar-refractivity contribution in [3.63, 3.8) is 0 Å².